The quantitative estimate of drug-likeness (QED) is 0.317. The molecule has 3 aromatic rings. The highest BCUT2D eigenvalue weighted by Gasteiger charge is 2.14. The molecule has 0 aliphatic heterocycles. The molecule has 0 fully saturated rings. The van der Waals surface area contributed by atoms with Crippen molar-refractivity contribution < 1.29 is 23.4 Å². The summed E-state index contributed by atoms with van der Waals surface area (Å²) >= 11 is 3.36. The SMILES string of the molecule is COc1cc(/C=C/C(=O)c2cc3cc(Br)ccc3oc2=O)cc(OC)c1OC. The van der Waals surface area contributed by atoms with Gasteiger partial charge in [-0.25, -0.2) is 4.79 Å². The van der Waals surface area contributed by atoms with Crippen LogP contribution in [0.3, 0.4) is 0 Å². The third-order valence-electron chi connectivity index (χ3n) is 4.07. The first-order chi connectivity index (χ1) is 13.5. The molecule has 7 heteroatoms. The summed E-state index contributed by atoms with van der Waals surface area (Å²) in [4.78, 5) is 24.7. The summed E-state index contributed by atoms with van der Waals surface area (Å²) in [7, 11) is 4.53. The minimum Gasteiger partial charge on any atom is -0.493 e. The summed E-state index contributed by atoms with van der Waals surface area (Å²) < 4.78 is 21.9. The number of methoxy groups -OCH3 is 3. The van der Waals surface area contributed by atoms with Gasteiger partial charge in [0.1, 0.15) is 11.1 Å². The first-order valence-electron chi connectivity index (χ1n) is 8.22. The number of carbonyl (C=O) groups excluding carboxylic acids is 1. The molecular weight excluding hydrogens is 428 g/mol. The lowest BCUT2D eigenvalue weighted by Crippen LogP contribution is -2.11. The van der Waals surface area contributed by atoms with Crippen molar-refractivity contribution in [1.82, 2.24) is 0 Å². The van der Waals surface area contributed by atoms with Crippen LogP contribution in [-0.2, 0) is 0 Å². The fourth-order valence-electron chi connectivity index (χ4n) is 2.73. The molecule has 0 atom stereocenters. The topological polar surface area (TPSA) is 75.0 Å². The third kappa shape index (κ3) is 3.94. The summed E-state index contributed by atoms with van der Waals surface area (Å²) in [5.41, 5.74) is 0.331. The first kappa shape index (κ1) is 19.7. The third-order valence-corrected chi connectivity index (χ3v) is 4.57. The molecule has 2 aromatic carbocycles. The summed E-state index contributed by atoms with van der Waals surface area (Å²) in [5, 5.41) is 0.651. The molecule has 0 N–H and O–H groups in total. The second-order valence-corrected chi connectivity index (χ2v) is 6.70. The lowest BCUT2D eigenvalue weighted by molar-refractivity contribution is 0.104. The molecule has 0 aliphatic rings. The van der Waals surface area contributed by atoms with Crippen LogP contribution in [0.25, 0.3) is 17.0 Å². The zero-order valence-corrected chi connectivity index (χ0v) is 17.0. The predicted molar refractivity (Wildman–Crippen MR) is 110 cm³/mol. The number of hydrogen-bond acceptors (Lipinski definition) is 6. The van der Waals surface area contributed by atoms with E-state index in [1.165, 1.54) is 33.5 Å². The molecule has 0 bridgehead atoms. The second kappa shape index (κ2) is 8.31. The van der Waals surface area contributed by atoms with Gasteiger partial charge in [0.25, 0.3) is 0 Å². The van der Waals surface area contributed by atoms with Gasteiger partial charge in [-0.2, -0.15) is 0 Å². The Morgan fingerprint density at radius 1 is 1.00 bits per heavy atom. The van der Waals surface area contributed by atoms with E-state index in [1.54, 1.807) is 36.4 Å². The Labute approximate surface area is 169 Å². The van der Waals surface area contributed by atoms with Crippen LogP contribution in [0.15, 0.2) is 56.2 Å². The molecule has 1 aromatic heterocycles. The number of carbonyl (C=O) groups is 1. The molecule has 144 valence electrons. The number of fused-ring (bicyclic) bond motifs is 1. The number of hydrogen-bond donors (Lipinski definition) is 0. The highest BCUT2D eigenvalue weighted by Crippen LogP contribution is 2.38. The van der Waals surface area contributed by atoms with Gasteiger partial charge in [-0.15, -0.1) is 0 Å². The number of allylic oxidation sites excluding steroid dienone is 1. The zero-order valence-electron chi connectivity index (χ0n) is 15.4. The lowest BCUT2D eigenvalue weighted by Gasteiger charge is -2.12. The zero-order chi connectivity index (χ0) is 20.3. The van der Waals surface area contributed by atoms with E-state index in [0.717, 1.165) is 4.47 Å². The largest absolute Gasteiger partial charge is 0.493 e. The van der Waals surface area contributed by atoms with Gasteiger partial charge in [-0.3, -0.25) is 4.79 Å². The average Bonchev–Trinajstić information content (AvgIpc) is 2.70. The molecule has 0 spiro atoms. The minimum atomic E-state index is -0.686. The summed E-state index contributed by atoms with van der Waals surface area (Å²) in [5.74, 6) is 0.909. The summed E-state index contributed by atoms with van der Waals surface area (Å²) in [6.45, 7) is 0. The molecule has 0 amide bonds. The highest BCUT2D eigenvalue weighted by atomic mass is 79.9. The Balaban J connectivity index is 1.97. The van der Waals surface area contributed by atoms with E-state index in [-0.39, 0.29) is 5.56 Å². The van der Waals surface area contributed by atoms with Gasteiger partial charge in [0.05, 0.1) is 21.3 Å². The van der Waals surface area contributed by atoms with Crippen molar-refractivity contribution in [2.45, 2.75) is 0 Å². The highest BCUT2D eigenvalue weighted by molar-refractivity contribution is 9.10. The van der Waals surface area contributed by atoms with E-state index in [2.05, 4.69) is 15.9 Å². The Hall–Kier alpha value is -3.06. The molecule has 3 rings (SSSR count). The molecule has 0 aliphatic carbocycles. The van der Waals surface area contributed by atoms with Crippen molar-refractivity contribution in [2.24, 2.45) is 0 Å². The minimum absolute atomic E-state index is 0.0470. The maximum absolute atomic E-state index is 12.6. The smallest absolute Gasteiger partial charge is 0.347 e. The number of halogens is 1. The normalized spacial score (nSPS) is 11.0. The van der Waals surface area contributed by atoms with Gasteiger partial charge in [-0.05, 0) is 48.0 Å². The Bertz CT molecular complexity index is 1100. The van der Waals surface area contributed by atoms with Crippen LogP contribution in [-0.4, -0.2) is 27.1 Å². The Kier molecular flexibility index (Phi) is 5.84. The van der Waals surface area contributed by atoms with Gasteiger partial charge in [0.15, 0.2) is 17.3 Å². The van der Waals surface area contributed by atoms with E-state index in [9.17, 15) is 9.59 Å². The number of benzene rings is 2. The number of rotatable bonds is 6. The van der Waals surface area contributed by atoms with Crippen LogP contribution in [0.5, 0.6) is 17.2 Å². The van der Waals surface area contributed by atoms with Gasteiger partial charge in [0.2, 0.25) is 5.75 Å². The van der Waals surface area contributed by atoms with Crippen molar-refractivity contribution in [2.75, 3.05) is 21.3 Å². The predicted octanol–water partition coefficient (Wildman–Crippen LogP) is 4.48. The molecule has 0 radical (unpaired) electrons. The molecule has 6 nitrogen and oxygen atoms in total. The molecule has 0 unspecified atom stereocenters. The van der Waals surface area contributed by atoms with Crippen LogP contribution in [0.2, 0.25) is 0 Å². The fourth-order valence-corrected chi connectivity index (χ4v) is 3.10. The monoisotopic (exact) mass is 444 g/mol. The maximum atomic E-state index is 12.6. The van der Waals surface area contributed by atoms with Crippen LogP contribution >= 0.6 is 15.9 Å². The van der Waals surface area contributed by atoms with E-state index >= 15 is 0 Å². The molecule has 28 heavy (non-hydrogen) atoms. The van der Waals surface area contributed by atoms with Crippen LogP contribution in [0.4, 0.5) is 0 Å². The van der Waals surface area contributed by atoms with Crippen molar-refractivity contribution in [1.29, 1.82) is 0 Å². The molecule has 0 saturated carbocycles. The lowest BCUT2D eigenvalue weighted by atomic mass is 10.1. The van der Waals surface area contributed by atoms with Crippen LogP contribution in [0, 0.1) is 0 Å². The van der Waals surface area contributed by atoms with E-state index in [0.29, 0.717) is 33.8 Å². The van der Waals surface area contributed by atoms with Gasteiger partial charge in [-0.1, -0.05) is 22.0 Å². The first-order valence-corrected chi connectivity index (χ1v) is 9.02. The summed E-state index contributed by atoms with van der Waals surface area (Å²) in [6.07, 6.45) is 2.87. The van der Waals surface area contributed by atoms with Crippen LogP contribution < -0.4 is 19.8 Å². The van der Waals surface area contributed by atoms with Crippen molar-refractivity contribution in [3.05, 3.63) is 68.5 Å². The molecule has 0 saturated heterocycles. The van der Waals surface area contributed by atoms with Crippen LogP contribution in [0.1, 0.15) is 15.9 Å². The van der Waals surface area contributed by atoms with E-state index in [4.69, 9.17) is 18.6 Å². The van der Waals surface area contributed by atoms with Gasteiger partial charge in [0, 0.05) is 9.86 Å². The Morgan fingerprint density at radius 2 is 1.68 bits per heavy atom. The summed E-state index contributed by atoms with van der Waals surface area (Å²) in [6, 6.07) is 10.1. The van der Waals surface area contributed by atoms with E-state index < -0.39 is 11.4 Å². The fraction of sp³-hybridized carbons (Fsp3) is 0.143. The van der Waals surface area contributed by atoms with Crippen molar-refractivity contribution >= 4 is 38.8 Å². The van der Waals surface area contributed by atoms with Crippen molar-refractivity contribution in [3.63, 3.8) is 0 Å². The van der Waals surface area contributed by atoms with Gasteiger partial charge < -0.3 is 18.6 Å². The molecular formula is C21H17BrO6. The standard InChI is InChI=1S/C21H17BrO6/c1-25-18-8-12(9-19(26-2)20(18)27-3)4-6-16(23)15-11-13-10-14(22)5-7-17(13)28-21(15)24/h4-11H,1-3H3/b6-4+. The second-order valence-electron chi connectivity index (χ2n) is 5.79. The maximum Gasteiger partial charge on any atom is 0.347 e. The van der Waals surface area contributed by atoms with Gasteiger partial charge >= 0.3 is 5.63 Å². The van der Waals surface area contributed by atoms with E-state index in [1.807, 2.05) is 0 Å². The van der Waals surface area contributed by atoms with Crippen molar-refractivity contribution in [3.8, 4) is 17.2 Å². The number of ketones is 1. The number of ether oxygens (including phenoxy) is 3. The Morgan fingerprint density at radius 3 is 2.29 bits per heavy atom. The molecule has 1 heterocycles. The average molecular weight is 445 g/mol.